The van der Waals surface area contributed by atoms with Crippen molar-refractivity contribution in [2.75, 3.05) is 38.2 Å². The molecule has 2 saturated heterocycles. The molecule has 1 aromatic rings. The van der Waals surface area contributed by atoms with Gasteiger partial charge >= 0.3 is 0 Å². The highest BCUT2D eigenvalue weighted by molar-refractivity contribution is 7.98. The van der Waals surface area contributed by atoms with Crippen molar-refractivity contribution in [2.24, 2.45) is 11.8 Å². The lowest BCUT2D eigenvalue weighted by molar-refractivity contribution is -0.142. The summed E-state index contributed by atoms with van der Waals surface area (Å²) in [6.07, 6.45) is 5.87. The molecule has 0 aromatic heterocycles. The summed E-state index contributed by atoms with van der Waals surface area (Å²) < 4.78 is 28.2. The van der Waals surface area contributed by atoms with Crippen LogP contribution >= 0.6 is 11.8 Å². The first-order chi connectivity index (χ1) is 15.3. The van der Waals surface area contributed by atoms with Gasteiger partial charge in [-0.1, -0.05) is 25.1 Å². The maximum Gasteiger partial charge on any atom is 0.241 e. The Kier molecular flexibility index (Phi) is 9.02. The molecule has 2 atom stereocenters. The molecule has 7 nitrogen and oxygen atoms in total. The van der Waals surface area contributed by atoms with Crippen molar-refractivity contribution in [3.05, 3.63) is 30.3 Å². The summed E-state index contributed by atoms with van der Waals surface area (Å²) in [5.41, 5.74) is 0. The number of hydrogen-bond donors (Lipinski definition) is 1. The van der Waals surface area contributed by atoms with Gasteiger partial charge in [-0.15, -0.1) is 0 Å². The zero-order chi connectivity index (χ0) is 23.1. The summed E-state index contributed by atoms with van der Waals surface area (Å²) in [6, 6.07) is 7.33. The van der Waals surface area contributed by atoms with E-state index in [1.807, 2.05) is 11.2 Å². The number of nitrogens with zero attached hydrogens (tertiary/aromatic N) is 2. The summed E-state index contributed by atoms with van der Waals surface area (Å²) in [5, 5.41) is 0. The smallest absolute Gasteiger partial charge is 0.241 e. The second kappa shape index (κ2) is 11.5. The van der Waals surface area contributed by atoms with Gasteiger partial charge in [0, 0.05) is 32.1 Å². The van der Waals surface area contributed by atoms with E-state index in [4.69, 9.17) is 0 Å². The minimum Gasteiger partial charge on any atom is -0.342 e. The van der Waals surface area contributed by atoms with Crippen LogP contribution in [0.15, 0.2) is 35.2 Å². The minimum atomic E-state index is -3.79. The number of hydrogen-bond acceptors (Lipinski definition) is 5. The summed E-state index contributed by atoms with van der Waals surface area (Å²) >= 11 is 1.58. The van der Waals surface area contributed by atoms with Gasteiger partial charge in [-0.2, -0.15) is 16.5 Å². The fourth-order valence-electron chi connectivity index (χ4n) is 4.54. The molecule has 2 fully saturated rings. The summed E-state index contributed by atoms with van der Waals surface area (Å²) in [5.74, 6) is 1.19. The van der Waals surface area contributed by atoms with Gasteiger partial charge in [-0.05, 0) is 62.2 Å². The van der Waals surface area contributed by atoms with Crippen molar-refractivity contribution in [1.82, 2.24) is 14.5 Å². The highest BCUT2D eigenvalue weighted by Crippen LogP contribution is 2.24. The Morgan fingerprint density at radius 3 is 2.41 bits per heavy atom. The monoisotopic (exact) mass is 481 g/mol. The van der Waals surface area contributed by atoms with Gasteiger partial charge in [0.25, 0.3) is 0 Å². The van der Waals surface area contributed by atoms with Crippen LogP contribution in [0.1, 0.15) is 39.0 Å². The molecule has 0 radical (unpaired) electrons. The number of piperidine rings is 2. The highest BCUT2D eigenvalue weighted by Gasteiger charge is 2.35. The first-order valence-electron chi connectivity index (χ1n) is 11.5. The van der Waals surface area contributed by atoms with Gasteiger partial charge in [0.2, 0.25) is 21.8 Å². The molecule has 178 valence electrons. The lowest BCUT2D eigenvalue weighted by Crippen LogP contribution is -2.52. The molecule has 1 aromatic carbocycles. The first-order valence-corrected chi connectivity index (χ1v) is 14.3. The van der Waals surface area contributed by atoms with E-state index in [0.717, 1.165) is 19.5 Å². The van der Waals surface area contributed by atoms with Crippen molar-refractivity contribution >= 4 is 33.6 Å². The van der Waals surface area contributed by atoms with Crippen molar-refractivity contribution in [2.45, 2.75) is 50.0 Å². The van der Waals surface area contributed by atoms with E-state index in [1.54, 1.807) is 34.9 Å². The molecule has 0 bridgehead atoms. The molecule has 0 aliphatic carbocycles. The number of thioether (sulfide) groups is 1. The summed E-state index contributed by atoms with van der Waals surface area (Å²) in [7, 11) is -3.79. The second-order valence-electron chi connectivity index (χ2n) is 8.90. The number of benzene rings is 1. The SMILES string of the molecule is CSCCC(NS(=O)(=O)c1ccccc1)C(=O)N1CCC(C(=O)N2CCCC(C)C2)CC1. The largest absolute Gasteiger partial charge is 0.342 e. The Balaban J connectivity index is 1.60. The van der Waals surface area contributed by atoms with Crippen molar-refractivity contribution in [3.8, 4) is 0 Å². The normalized spacial score (nSPS) is 21.4. The molecular formula is C23H35N3O4S2. The Labute approximate surface area is 196 Å². The van der Waals surface area contributed by atoms with Crippen LogP contribution in [-0.4, -0.2) is 74.3 Å². The third-order valence-corrected chi connectivity index (χ3v) is 8.52. The van der Waals surface area contributed by atoms with Gasteiger partial charge < -0.3 is 9.80 Å². The number of rotatable bonds is 8. The molecule has 2 aliphatic rings. The Morgan fingerprint density at radius 1 is 1.09 bits per heavy atom. The number of sulfonamides is 1. The van der Waals surface area contributed by atoms with Crippen LogP contribution in [0.4, 0.5) is 0 Å². The van der Waals surface area contributed by atoms with Crippen molar-refractivity contribution < 1.29 is 18.0 Å². The van der Waals surface area contributed by atoms with E-state index < -0.39 is 16.1 Å². The van der Waals surface area contributed by atoms with Crippen LogP contribution in [0.3, 0.4) is 0 Å². The average Bonchev–Trinajstić information content (AvgIpc) is 2.81. The number of carbonyl (C=O) groups excluding carboxylic acids is 2. The topological polar surface area (TPSA) is 86.8 Å². The Morgan fingerprint density at radius 2 is 1.78 bits per heavy atom. The minimum absolute atomic E-state index is 0.0463. The highest BCUT2D eigenvalue weighted by atomic mass is 32.2. The van der Waals surface area contributed by atoms with Crippen LogP contribution in [0.25, 0.3) is 0 Å². The van der Waals surface area contributed by atoms with Gasteiger partial charge in [-0.3, -0.25) is 9.59 Å². The van der Waals surface area contributed by atoms with E-state index in [2.05, 4.69) is 11.6 Å². The third kappa shape index (κ3) is 6.48. The first kappa shape index (κ1) is 25.1. The van der Waals surface area contributed by atoms with Crippen molar-refractivity contribution in [3.63, 3.8) is 0 Å². The zero-order valence-electron chi connectivity index (χ0n) is 19.0. The van der Waals surface area contributed by atoms with Gasteiger partial charge in [0.15, 0.2) is 0 Å². The van der Waals surface area contributed by atoms with Crippen LogP contribution < -0.4 is 4.72 Å². The summed E-state index contributed by atoms with van der Waals surface area (Å²) in [6.45, 7) is 4.82. The fourth-order valence-corrected chi connectivity index (χ4v) is 6.25. The number of amides is 2. The van der Waals surface area contributed by atoms with Crippen LogP contribution in [0.2, 0.25) is 0 Å². The molecule has 32 heavy (non-hydrogen) atoms. The molecule has 9 heteroatoms. The molecule has 2 aliphatic heterocycles. The number of nitrogens with one attached hydrogen (secondary N) is 1. The molecular weight excluding hydrogens is 446 g/mol. The molecule has 3 rings (SSSR count). The van der Waals surface area contributed by atoms with Gasteiger partial charge in [0.05, 0.1) is 4.90 Å². The van der Waals surface area contributed by atoms with E-state index >= 15 is 0 Å². The van der Waals surface area contributed by atoms with Crippen LogP contribution in [-0.2, 0) is 19.6 Å². The van der Waals surface area contributed by atoms with E-state index in [9.17, 15) is 18.0 Å². The van der Waals surface area contributed by atoms with E-state index in [0.29, 0.717) is 44.0 Å². The molecule has 0 spiro atoms. The van der Waals surface area contributed by atoms with Gasteiger partial charge in [0.1, 0.15) is 6.04 Å². The van der Waals surface area contributed by atoms with E-state index in [1.165, 1.54) is 18.6 Å². The van der Waals surface area contributed by atoms with Crippen molar-refractivity contribution in [1.29, 1.82) is 0 Å². The predicted molar refractivity (Wildman–Crippen MR) is 128 cm³/mol. The molecule has 0 saturated carbocycles. The summed E-state index contributed by atoms with van der Waals surface area (Å²) in [4.78, 5) is 30.0. The quantitative estimate of drug-likeness (QED) is 0.617. The maximum atomic E-state index is 13.2. The van der Waals surface area contributed by atoms with Gasteiger partial charge in [-0.25, -0.2) is 8.42 Å². The standard InChI is InChI=1S/C23H35N3O4S2/c1-18-7-6-13-26(17-18)22(27)19-10-14-25(15-11-19)23(28)21(12-16-31-2)24-32(29,30)20-8-4-3-5-9-20/h3-5,8-9,18-19,21,24H,6-7,10-17H2,1-2H3. The zero-order valence-corrected chi connectivity index (χ0v) is 20.7. The number of carbonyl (C=O) groups is 2. The number of likely N-dealkylation sites (tertiary alicyclic amines) is 2. The molecule has 2 amide bonds. The Hall–Kier alpha value is -1.58. The average molecular weight is 482 g/mol. The predicted octanol–water partition coefficient (Wildman–Crippen LogP) is 2.58. The van der Waals surface area contributed by atoms with Crippen LogP contribution in [0, 0.1) is 11.8 Å². The molecule has 2 heterocycles. The fraction of sp³-hybridized carbons (Fsp3) is 0.652. The second-order valence-corrected chi connectivity index (χ2v) is 11.6. The molecule has 2 unspecified atom stereocenters. The maximum absolute atomic E-state index is 13.2. The van der Waals surface area contributed by atoms with E-state index in [-0.39, 0.29) is 22.6 Å². The van der Waals surface area contributed by atoms with Crippen LogP contribution in [0.5, 0.6) is 0 Å². The Bertz CT molecular complexity index is 870. The molecule has 1 N–H and O–H groups in total. The third-order valence-electron chi connectivity index (χ3n) is 6.38. The lowest BCUT2D eigenvalue weighted by atomic mass is 9.92. The lowest BCUT2D eigenvalue weighted by Gasteiger charge is -2.38.